The second-order valence-electron chi connectivity index (χ2n) is 4.82. The Balaban J connectivity index is 2.36. The van der Waals surface area contributed by atoms with Gasteiger partial charge in [-0.2, -0.15) is 0 Å². The highest BCUT2D eigenvalue weighted by atomic mass is 16.5. The second-order valence-corrected chi connectivity index (χ2v) is 4.82. The number of ether oxygens (including phenoxy) is 1. The van der Waals surface area contributed by atoms with Crippen LogP contribution < -0.4 is 0 Å². The Labute approximate surface area is 119 Å². The van der Waals surface area contributed by atoms with Crippen molar-refractivity contribution in [3.05, 3.63) is 60.2 Å². The summed E-state index contributed by atoms with van der Waals surface area (Å²) in [5.74, 6) is 0.194. The smallest absolute Gasteiger partial charge is 0.0895 e. The molecule has 0 bridgehead atoms. The van der Waals surface area contributed by atoms with E-state index in [1.807, 2.05) is 25.1 Å². The van der Waals surface area contributed by atoms with E-state index in [0.717, 1.165) is 12.1 Å². The van der Waals surface area contributed by atoms with E-state index in [-0.39, 0.29) is 5.76 Å². The van der Waals surface area contributed by atoms with Crippen LogP contribution in [0.15, 0.2) is 48.9 Å². The van der Waals surface area contributed by atoms with Crippen LogP contribution in [0.1, 0.15) is 18.2 Å². The van der Waals surface area contributed by atoms with Gasteiger partial charge in [0.05, 0.1) is 18.6 Å². The predicted octanol–water partition coefficient (Wildman–Crippen LogP) is 4.11. The summed E-state index contributed by atoms with van der Waals surface area (Å²) < 4.78 is 7.45. The third kappa shape index (κ3) is 3.05. The molecule has 0 amide bonds. The molecule has 0 unspecified atom stereocenters. The van der Waals surface area contributed by atoms with Gasteiger partial charge in [0.1, 0.15) is 0 Å². The lowest BCUT2D eigenvalue weighted by molar-refractivity contribution is 0.268. The van der Waals surface area contributed by atoms with Gasteiger partial charge in [-0.1, -0.05) is 18.7 Å². The van der Waals surface area contributed by atoms with Crippen molar-refractivity contribution in [3.63, 3.8) is 0 Å². The summed E-state index contributed by atoms with van der Waals surface area (Å²) >= 11 is 0. The molecule has 0 aliphatic heterocycles. The van der Waals surface area contributed by atoms with Crippen LogP contribution in [0.5, 0.6) is 0 Å². The van der Waals surface area contributed by atoms with Gasteiger partial charge in [-0.25, -0.2) is 0 Å². The van der Waals surface area contributed by atoms with Gasteiger partial charge >= 0.3 is 0 Å². The van der Waals surface area contributed by atoms with Gasteiger partial charge in [0.15, 0.2) is 0 Å². The molecule has 0 aliphatic rings. The minimum Gasteiger partial charge on any atom is -0.513 e. The fourth-order valence-corrected chi connectivity index (χ4v) is 2.41. The van der Waals surface area contributed by atoms with E-state index in [4.69, 9.17) is 4.74 Å². The molecule has 1 heterocycles. The minimum absolute atomic E-state index is 0.194. The zero-order chi connectivity index (χ0) is 14.5. The SMILES string of the molecule is C=C(O)Cc1cccc2c1cc(C)n2C/C=C/OCC. The summed E-state index contributed by atoms with van der Waals surface area (Å²) in [4.78, 5) is 0. The standard InChI is InChI=1S/C17H21NO2/c1-4-20-10-6-9-18-13(2)11-16-15(12-14(3)19)7-5-8-17(16)18/h5-8,10-11,19H,3-4,9,12H2,1-2H3/b10-6+. The van der Waals surface area contributed by atoms with Crippen molar-refractivity contribution in [2.24, 2.45) is 0 Å². The van der Waals surface area contributed by atoms with Crippen molar-refractivity contribution in [1.29, 1.82) is 0 Å². The lowest BCUT2D eigenvalue weighted by Gasteiger charge is -2.06. The highest BCUT2D eigenvalue weighted by Gasteiger charge is 2.08. The molecule has 3 heteroatoms. The maximum absolute atomic E-state index is 9.41. The molecular weight excluding hydrogens is 250 g/mol. The first kappa shape index (κ1) is 14.3. The van der Waals surface area contributed by atoms with Gasteiger partial charge in [-0.15, -0.1) is 0 Å². The number of hydrogen-bond acceptors (Lipinski definition) is 2. The first-order chi connectivity index (χ1) is 9.63. The predicted molar refractivity (Wildman–Crippen MR) is 82.9 cm³/mol. The van der Waals surface area contributed by atoms with Gasteiger partial charge in [0, 0.05) is 29.6 Å². The molecule has 0 atom stereocenters. The van der Waals surface area contributed by atoms with Crippen molar-refractivity contribution in [2.45, 2.75) is 26.8 Å². The average Bonchev–Trinajstić information content (AvgIpc) is 2.72. The van der Waals surface area contributed by atoms with Crippen LogP contribution >= 0.6 is 0 Å². The minimum atomic E-state index is 0.194. The number of aryl methyl sites for hydroxylation is 1. The molecule has 2 rings (SSSR count). The zero-order valence-electron chi connectivity index (χ0n) is 12.1. The number of fused-ring (bicyclic) bond motifs is 1. The normalized spacial score (nSPS) is 11.3. The lowest BCUT2D eigenvalue weighted by Crippen LogP contribution is -1.97. The molecule has 106 valence electrons. The Hall–Kier alpha value is -2.16. The zero-order valence-corrected chi connectivity index (χ0v) is 12.1. The van der Waals surface area contributed by atoms with Crippen molar-refractivity contribution in [3.8, 4) is 0 Å². The van der Waals surface area contributed by atoms with Gasteiger partial charge in [-0.05, 0) is 37.6 Å². The molecular formula is C17H21NO2. The van der Waals surface area contributed by atoms with E-state index < -0.39 is 0 Å². The Kier molecular flexibility index (Phi) is 4.51. The fourth-order valence-electron chi connectivity index (χ4n) is 2.41. The van der Waals surface area contributed by atoms with Gasteiger partial charge in [0.25, 0.3) is 0 Å². The van der Waals surface area contributed by atoms with Crippen LogP contribution in [0, 0.1) is 6.92 Å². The number of aliphatic hydroxyl groups is 1. The number of aliphatic hydroxyl groups excluding tert-OH is 1. The topological polar surface area (TPSA) is 34.4 Å². The van der Waals surface area contributed by atoms with Crippen LogP contribution in [-0.4, -0.2) is 16.3 Å². The van der Waals surface area contributed by atoms with Gasteiger partial charge in [-0.3, -0.25) is 0 Å². The molecule has 0 radical (unpaired) electrons. The molecule has 1 aromatic heterocycles. The number of allylic oxidation sites excluding steroid dienone is 2. The van der Waals surface area contributed by atoms with E-state index in [1.165, 1.54) is 16.6 Å². The maximum atomic E-state index is 9.41. The molecule has 0 spiro atoms. The maximum Gasteiger partial charge on any atom is 0.0895 e. The van der Waals surface area contributed by atoms with E-state index >= 15 is 0 Å². The first-order valence-electron chi connectivity index (χ1n) is 6.84. The molecule has 0 fully saturated rings. The number of aromatic nitrogens is 1. The number of rotatable bonds is 6. The van der Waals surface area contributed by atoms with Crippen molar-refractivity contribution in [2.75, 3.05) is 6.61 Å². The molecule has 3 nitrogen and oxygen atoms in total. The van der Waals surface area contributed by atoms with E-state index in [0.29, 0.717) is 13.0 Å². The first-order valence-corrected chi connectivity index (χ1v) is 6.84. The molecule has 0 saturated carbocycles. The van der Waals surface area contributed by atoms with Crippen LogP contribution in [0.2, 0.25) is 0 Å². The highest BCUT2D eigenvalue weighted by molar-refractivity contribution is 5.85. The van der Waals surface area contributed by atoms with Crippen molar-refractivity contribution >= 4 is 10.9 Å². The molecule has 1 aromatic carbocycles. The fraction of sp³-hybridized carbons (Fsp3) is 0.294. The van der Waals surface area contributed by atoms with E-state index in [1.54, 1.807) is 6.26 Å². The molecule has 20 heavy (non-hydrogen) atoms. The molecule has 1 N–H and O–H groups in total. The monoisotopic (exact) mass is 271 g/mol. The van der Waals surface area contributed by atoms with Crippen LogP contribution in [0.4, 0.5) is 0 Å². The molecule has 0 saturated heterocycles. The van der Waals surface area contributed by atoms with E-state index in [2.05, 4.69) is 30.2 Å². The summed E-state index contributed by atoms with van der Waals surface area (Å²) in [7, 11) is 0. The van der Waals surface area contributed by atoms with Crippen LogP contribution in [0.3, 0.4) is 0 Å². The summed E-state index contributed by atoms with van der Waals surface area (Å²) in [6.45, 7) is 9.10. The molecule has 2 aromatic rings. The second kappa shape index (κ2) is 6.33. The summed E-state index contributed by atoms with van der Waals surface area (Å²) in [6, 6.07) is 8.30. The lowest BCUT2D eigenvalue weighted by atomic mass is 10.1. The average molecular weight is 271 g/mol. The number of nitrogens with zero attached hydrogens (tertiary/aromatic N) is 1. The Morgan fingerprint density at radius 3 is 2.95 bits per heavy atom. The van der Waals surface area contributed by atoms with Crippen LogP contribution in [0.25, 0.3) is 10.9 Å². The summed E-state index contributed by atoms with van der Waals surface area (Å²) in [5, 5.41) is 10.6. The van der Waals surface area contributed by atoms with Crippen molar-refractivity contribution in [1.82, 2.24) is 4.57 Å². The third-order valence-corrected chi connectivity index (χ3v) is 3.28. The largest absolute Gasteiger partial charge is 0.513 e. The number of benzene rings is 1. The van der Waals surface area contributed by atoms with Gasteiger partial charge < -0.3 is 14.4 Å². The van der Waals surface area contributed by atoms with Crippen LogP contribution in [-0.2, 0) is 17.7 Å². The Bertz CT molecular complexity index is 638. The Morgan fingerprint density at radius 1 is 1.45 bits per heavy atom. The Morgan fingerprint density at radius 2 is 2.25 bits per heavy atom. The summed E-state index contributed by atoms with van der Waals surface area (Å²) in [5.41, 5.74) is 3.46. The third-order valence-electron chi connectivity index (χ3n) is 3.28. The van der Waals surface area contributed by atoms with E-state index in [9.17, 15) is 5.11 Å². The number of hydrogen-bond donors (Lipinski definition) is 1. The van der Waals surface area contributed by atoms with Crippen molar-refractivity contribution < 1.29 is 9.84 Å². The quantitative estimate of drug-likeness (QED) is 0.802. The summed E-state index contributed by atoms with van der Waals surface area (Å²) in [6.07, 6.45) is 4.24. The molecule has 0 aliphatic carbocycles. The highest BCUT2D eigenvalue weighted by Crippen LogP contribution is 2.24. The van der Waals surface area contributed by atoms with Gasteiger partial charge in [0.2, 0.25) is 0 Å².